The van der Waals surface area contributed by atoms with Gasteiger partial charge in [0, 0.05) is 27.3 Å². The van der Waals surface area contributed by atoms with Crippen molar-refractivity contribution < 1.29 is 9.66 Å². The number of rotatable bonds is 5. The summed E-state index contributed by atoms with van der Waals surface area (Å²) >= 11 is 4.19. The first-order valence-electron chi connectivity index (χ1n) is 8.44. The number of thioether (sulfide) groups is 1. The number of aliphatic hydroxyl groups is 1. The summed E-state index contributed by atoms with van der Waals surface area (Å²) in [6, 6.07) is 6.70. The quantitative estimate of drug-likeness (QED) is 0.528. The number of piperidine rings is 1. The summed E-state index contributed by atoms with van der Waals surface area (Å²) in [4.78, 5) is 1.23. The van der Waals surface area contributed by atoms with Gasteiger partial charge < -0.3 is 9.66 Å². The number of nitrogens with zero attached hydrogens (tertiary/aromatic N) is 1. The Morgan fingerprint density at radius 3 is 2.67 bits per heavy atom. The van der Waals surface area contributed by atoms with Gasteiger partial charge in [0.25, 0.3) is 0 Å². The SMILES string of the molecule is CSc1cc(Br)ccc1[C@@H]1CCC[C@@H](CCO)N1[S+]([O-])C(C)(C)C. The third-order valence-corrected chi connectivity index (χ3v) is 7.68. The van der Waals surface area contributed by atoms with Crippen LogP contribution in [0.5, 0.6) is 0 Å². The molecule has 1 aromatic carbocycles. The van der Waals surface area contributed by atoms with Crippen molar-refractivity contribution in [1.29, 1.82) is 0 Å². The molecule has 0 amide bonds. The van der Waals surface area contributed by atoms with Gasteiger partial charge in [0.05, 0.1) is 12.1 Å². The zero-order valence-electron chi connectivity index (χ0n) is 14.9. The lowest BCUT2D eigenvalue weighted by atomic mass is 9.92. The van der Waals surface area contributed by atoms with E-state index in [9.17, 15) is 9.66 Å². The Kier molecular flexibility index (Phi) is 7.53. The van der Waals surface area contributed by atoms with Crippen molar-refractivity contribution in [3.8, 4) is 0 Å². The van der Waals surface area contributed by atoms with Gasteiger partial charge >= 0.3 is 0 Å². The van der Waals surface area contributed by atoms with Gasteiger partial charge in [-0.2, -0.15) is 0 Å². The van der Waals surface area contributed by atoms with Gasteiger partial charge in [-0.25, -0.2) is 0 Å². The van der Waals surface area contributed by atoms with E-state index < -0.39 is 11.4 Å². The second kappa shape index (κ2) is 8.78. The fourth-order valence-corrected chi connectivity index (χ4v) is 6.06. The monoisotopic (exact) mass is 433 g/mol. The smallest absolute Gasteiger partial charge is 0.137 e. The van der Waals surface area contributed by atoms with E-state index in [-0.39, 0.29) is 23.4 Å². The second-order valence-electron chi connectivity index (χ2n) is 7.22. The van der Waals surface area contributed by atoms with E-state index in [1.54, 1.807) is 11.8 Å². The predicted molar refractivity (Wildman–Crippen MR) is 108 cm³/mol. The molecule has 1 aliphatic rings. The fraction of sp³-hybridized carbons (Fsp3) is 0.667. The van der Waals surface area contributed by atoms with Gasteiger partial charge in [-0.15, -0.1) is 16.1 Å². The van der Waals surface area contributed by atoms with Crippen LogP contribution >= 0.6 is 27.7 Å². The largest absolute Gasteiger partial charge is 0.597 e. The van der Waals surface area contributed by atoms with Gasteiger partial charge in [0.15, 0.2) is 0 Å². The minimum atomic E-state index is -1.10. The third-order valence-electron chi connectivity index (χ3n) is 4.41. The Balaban J connectivity index is 2.44. The van der Waals surface area contributed by atoms with Crippen LogP contribution in [0.25, 0.3) is 0 Å². The Morgan fingerprint density at radius 2 is 2.08 bits per heavy atom. The summed E-state index contributed by atoms with van der Waals surface area (Å²) in [7, 11) is 0. The van der Waals surface area contributed by atoms with E-state index in [4.69, 9.17) is 0 Å². The molecule has 2 rings (SSSR count). The molecule has 3 nitrogen and oxygen atoms in total. The molecule has 0 radical (unpaired) electrons. The van der Waals surface area contributed by atoms with Crippen LogP contribution < -0.4 is 0 Å². The molecular weight excluding hydrogens is 406 g/mol. The molecule has 3 atom stereocenters. The predicted octanol–water partition coefficient (Wildman–Crippen LogP) is 4.91. The van der Waals surface area contributed by atoms with Crippen LogP contribution in [-0.4, -0.2) is 37.6 Å². The highest BCUT2D eigenvalue weighted by molar-refractivity contribution is 9.10. The molecule has 6 heteroatoms. The first-order valence-corrected chi connectivity index (χ1v) is 11.6. The highest BCUT2D eigenvalue weighted by Crippen LogP contribution is 2.43. The van der Waals surface area contributed by atoms with Crippen molar-refractivity contribution in [3.05, 3.63) is 28.2 Å². The van der Waals surface area contributed by atoms with E-state index in [0.717, 1.165) is 23.7 Å². The van der Waals surface area contributed by atoms with Crippen LogP contribution in [-0.2, 0) is 11.4 Å². The zero-order chi connectivity index (χ0) is 17.9. The van der Waals surface area contributed by atoms with E-state index in [1.807, 2.05) is 20.8 Å². The van der Waals surface area contributed by atoms with Gasteiger partial charge in [0.1, 0.15) is 4.75 Å². The molecule has 1 unspecified atom stereocenters. The van der Waals surface area contributed by atoms with Gasteiger partial charge in [-0.1, -0.05) is 22.0 Å². The molecule has 0 aliphatic carbocycles. The number of halogens is 1. The van der Waals surface area contributed by atoms with E-state index in [0.29, 0.717) is 6.42 Å². The Morgan fingerprint density at radius 1 is 1.38 bits per heavy atom. The zero-order valence-corrected chi connectivity index (χ0v) is 18.1. The van der Waals surface area contributed by atoms with Crippen LogP contribution in [0.4, 0.5) is 0 Å². The van der Waals surface area contributed by atoms with Gasteiger partial charge in [-0.05, 0) is 70.4 Å². The van der Waals surface area contributed by atoms with Crippen molar-refractivity contribution in [3.63, 3.8) is 0 Å². The molecule has 0 bridgehead atoms. The molecule has 0 spiro atoms. The van der Waals surface area contributed by atoms with Gasteiger partial charge in [0.2, 0.25) is 0 Å². The number of hydrogen-bond donors (Lipinski definition) is 1. The molecule has 1 fully saturated rings. The van der Waals surface area contributed by atoms with Crippen molar-refractivity contribution in [1.82, 2.24) is 4.31 Å². The summed E-state index contributed by atoms with van der Waals surface area (Å²) in [6.45, 7) is 6.23. The van der Waals surface area contributed by atoms with Crippen LogP contribution in [0.1, 0.15) is 58.1 Å². The molecule has 136 valence electrons. The standard InChI is InChI=1S/C18H28BrNO2S2/c1-18(2,3)24(22)20-14(10-11-21)6-5-7-16(20)15-9-8-13(19)12-17(15)23-4/h8-9,12,14,16,21H,5-7,10-11H2,1-4H3/t14-,16-,24?/m0/s1. The first kappa shape index (κ1) is 20.6. The van der Waals surface area contributed by atoms with E-state index >= 15 is 0 Å². The molecule has 0 aromatic heterocycles. The molecule has 1 N–H and O–H groups in total. The third kappa shape index (κ3) is 4.71. The minimum Gasteiger partial charge on any atom is -0.597 e. The highest BCUT2D eigenvalue weighted by atomic mass is 79.9. The van der Waals surface area contributed by atoms with Crippen molar-refractivity contribution in [2.24, 2.45) is 0 Å². The average molecular weight is 434 g/mol. The lowest BCUT2D eigenvalue weighted by Gasteiger charge is -2.45. The summed E-state index contributed by atoms with van der Waals surface area (Å²) < 4.78 is 16.2. The summed E-state index contributed by atoms with van der Waals surface area (Å²) in [5.74, 6) is 0. The summed E-state index contributed by atoms with van der Waals surface area (Å²) in [5.41, 5.74) is 1.26. The maximum Gasteiger partial charge on any atom is 0.137 e. The van der Waals surface area contributed by atoms with Crippen LogP contribution in [0.3, 0.4) is 0 Å². The second-order valence-corrected chi connectivity index (χ2v) is 11.1. The van der Waals surface area contributed by atoms with Crippen molar-refractivity contribution in [2.45, 2.75) is 68.2 Å². The molecular formula is C18H28BrNO2S2. The van der Waals surface area contributed by atoms with Crippen LogP contribution in [0, 0.1) is 0 Å². The Bertz CT molecular complexity index is 548. The Labute approximate surface area is 162 Å². The number of benzene rings is 1. The van der Waals surface area contributed by atoms with Crippen LogP contribution in [0.2, 0.25) is 0 Å². The van der Waals surface area contributed by atoms with Crippen molar-refractivity contribution >= 4 is 39.1 Å². The maximum atomic E-state index is 13.3. The molecule has 1 aromatic rings. The minimum absolute atomic E-state index is 0.144. The van der Waals surface area contributed by atoms with E-state index in [2.05, 4.69) is 44.7 Å². The fourth-order valence-electron chi connectivity index (χ4n) is 3.30. The number of hydrogen-bond acceptors (Lipinski definition) is 4. The molecule has 1 aliphatic heterocycles. The number of aliphatic hydroxyl groups excluding tert-OH is 1. The normalized spacial score (nSPS) is 24.1. The highest BCUT2D eigenvalue weighted by Gasteiger charge is 2.44. The lowest BCUT2D eigenvalue weighted by molar-refractivity contribution is 0.142. The maximum absolute atomic E-state index is 13.3. The molecule has 24 heavy (non-hydrogen) atoms. The molecule has 1 saturated heterocycles. The Hall–Kier alpha value is 0.280. The molecule has 1 heterocycles. The van der Waals surface area contributed by atoms with E-state index in [1.165, 1.54) is 10.5 Å². The molecule has 0 saturated carbocycles. The summed E-state index contributed by atoms with van der Waals surface area (Å²) in [5, 5.41) is 9.48. The van der Waals surface area contributed by atoms with Crippen LogP contribution in [0.15, 0.2) is 27.6 Å². The lowest BCUT2D eigenvalue weighted by Crippen LogP contribution is -2.52. The van der Waals surface area contributed by atoms with Crippen molar-refractivity contribution in [2.75, 3.05) is 12.9 Å². The first-order chi connectivity index (χ1) is 11.3. The topological polar surface area (TPSA) is 46.5 Å². The summed E-state index contributed by atoms with van der Waals surface area (Å²) in [6.07, 6.45) is 5.90. The van der Waals surface area contributed by atoms with Gasteiger partial charge in [-0.3, -0.25) is 0 Å². The average Bonchev–Trinajstić information content (AvgIpc) is 2.53.